The maximum absolute atomic E-state index is 5.88. The minimum absolute atomic E-state index is 0.428. The molecule has 2 aliphatic carbocycles. The van der Waals surface area contributed by atoms with Crippen molar-refractivity contribution in [2.24, 2.45) is 5.73 Å². The molecule has 0 aliphatic heterocycles. The molecular formula is C13H26N2O. The van der Waals surface area contributed by atoms with E-state index < -0.39 is 0 Å². The van der Waals surface area contributed by atoms with E-state index in [0.717, 1.165) is 19.6 Å². The minimum Gasteiger partial charge on any atom is -0.377 e. The van der Waals surface area contributed by atoms with Crippen LogP contribution in [0.15, 0.2) is 0 Å². The number of rotatable bonds is 5. The summed E-state index contributed by atoms with van der Waals surface area (Å²) in [4.78, 5) is 0. The van der Waals surface area contributed by atoms with E-state index in [0.29, 0.717) is 18.2 Å². The summed E-state index contributed by atoms with van der Waals surface area (Å²) < 4.78 is 5.88. The summed E-state index contributed by atoms with van der Waals surface area (Å²) >= 11 is 0. The van der Waals surface area contributed by atoms with Gasteiger partial charge in [-0.2, -0.15) is 0 Å². The second kappa shape index (κ2) is 6.58. The van der Waals surface area contributed by atoms with Gasteiger partial charge in [-0.3, -0.25) is 0 Å². The molecule has 0 heterocycles. The van der Waals surface area contributed by atoms with Gasteiger partial charge >= 0.3 is 0 Å². The molecule has 0 bridgehead atoms. The van der Waals surface area contributed by atoms with E-state index in [-0.39, 0.29) is 0 Å². The summed E-state index contributed by atoms with van der Waals surface area (Å²) in [7, 11) is 0. The molecule has 0 aromatic heterocycles. The number of ether oxygens (including phenoxy) is 1. The Labute approximate surface area is 99.1 Å². The maximum Gasteiger partial charge on any atom is 0.0594 e. The van der Waals surface area contributed by atoms with Crippen LogP contribution in [-0.2, 0) is 4.74 Å². The zero-order chi connectivity index (χ0) is 11.2. The molecular weight excluding hydrogens is 200 g/mol. The smallest absolute Gasteiger partial charge is 0.0594 e. The third-order valence-electron chi connectivity index (χ3n) is 3.91. The van der Waals surface area contributed by atoms with E-state index in [1.54, 1.807) is 0 Å². The SMILES string of the molecule is NC1CCC(NCCOC2CCCCC2)C1. The van der Waals surface area contributed by atoms with Gasteiger partial charge in [0, 0.05) is 18.6 Å². The molecule has 0 amide bonds. The fourth-order valence-electron chi connectivity index (χ4n) is 2.92. The minimum atomic E-state index is 0.428. The van der Waals surface area contributed by atoms with Crippen molar-refractivity contribution < 1.29 is 4.74 Å². The van der Waals surface area contributed by atoms with Crippen LogP contribution in [0.2, 0.25) is 0 Å². The maximum atomic E-state index is 5.88. The molecule has 3 heteroatoms. The molecule has 0 aromatic rings. The lowest BCUT2D eigenvalue weighted by Crippen LogP contribution is -2.32. The van der Waals surface area contributed by atoms with Crippen LogP contribution in [0.3, 0.4) is 0 Å². The van der Waals surface area contributed by atoms with Crippen LogP contribution in [0.1, 0.15) is 51.4 Å². The van der Waals surface area contributed by atoms with Gasteiger partial charge < -0.3 is 15.8 Å². The Morgan fingerprint density at radius 2 is 1.88 bits per heavy atom. The lowest BCUT2D eigenvalue weighted by molar-refractivity contribution is 0.0294. The first-order valence-electron chi connectivity index (χ1n) is 6.95. The van der Waals surface area contributed by atoms with Gasteiger partial charge in [0.2, 0.25) is 0 Å². The normalized spacial score (nSPS) is 32.1. The van der Waals surface area contributed by atoms with Crippen molar-refractivity contribution in [3.8, 4) is 0 Å². The monoisotopic (exact) mass is 226 g/mol. The van der Waals surface area contributed by atoms with Crippen LogP contribution in [-0.4, -0.2) is 31.3 Å². The van der Waals surface area contributed by atoms with Gasteiger partial charge in [0.25, 0.3) is 0 Å². The fraction of sp³-hybridized carbons (Fsp3) is 1.00. The highest BCUT2D eigenvalue weighted by molar-refractivity contribution is 4.82. The summed E-state index contributed by atoms with van der Waals surface area (Å²) in [5.74, 6) is 0. The Bertz CT molecular complexity index is 186. The van der Waals surface area contributed by atoms with Crippen LogP contribution >= 0.6 is 0 Å². The van der Waals surface area contributed by atoms with Gasteiger partial charge in [0.05, 0.1) is 12.7 Å². The highest BCUT2D eigenvalue weighted by Gasteiger charge is 2.20. The van der Waals surface area contributed by atoms with E-state index in [9.17, 15) is 0 Å². The molecule has 3 nitrogen and oxygen atoms in total. The summed E-state index contributed by atoms with van der Waals surface area (Å²) in [6, 6.07) is 1.07. The highest BCUT2D eigenvalue weighted by Crippen LogP contribution is 2.20. The van der Waals surface area contributed by atoms with Gasteiger partial charge in [-0.15, -0.1) is 0 Å². The lowest BCUT2D eigenvalue weighted by atomic mass is 9.98. The molecule has 2 atom stereocenters. The average molecular weight is 226 g/mol. The van der Waals surface area contributed by atoms with Crippen molar-refractivity contribution in [2.75, 3.05) is 13.2 Å². The summed E-state index contributed by atoms with van der Waals surface area (Å²) in [5.41, 5.74) is 5.88. The first kappa shape index (κ1) is 12.3. The molecule has 3 N–H and O–H groups in total. The Hall–Kier alpha value is -0.120. The zero-order valence-corrected chi connectivity index (χ0v) is 10.3. The number of nitrogens with one attached hydrogen (secondary N) is 1. The molecule has 16 heavy (non-hydrogen) atoms. The number of hydrogen-bond donors (Lipinski definition) is 2. The Kier molecular flexibility index (Phi) is 5.07. The predicted octanol–water partition coefficient (Wildman–Crippen LogP) is 1.81. The molecule has 0 radical (unpaired) electrons. The van der Waals surface area contributed by atoms with E-state index in [1.807, 2.05) is 0 Å². The number of hydrogen-bond acceptors (Lipinski definition) is 3. The summed E-state index contributed by atoms with van der Waals surface area (Å²) in [6.45, 7) is 1.87. The molecule has 2 saturated carbocycles. The molecule has 0 saturated heterocycles. The first-order chi connectivity index (χ1) is 7.84. The second-order valence-electron chi connectivity index (χ2n) is 5.35. The van der Waals surface area contributed by atoms with Crippen molar-refractivity contribution in [1.29, 1.82) is 0 Å². The van der Waals surface area contributed by atoms with Crippen LogP contribution in [0.4, 0.5) is 0 Å². The van der Waals surface area contributed by atoms with Crippen molar-refractivity contribution in [3.05, 3.63) is 0 Å². The van der Waals surface area contributed by atoms with Crippen molar-refractivity contribution >= 4 is 0 Å². The van der Waals surface area contributed by atoms with Gasteiger partial charge in [0.1, 0.15) is 0 Å². The largest absolute Gasteiger partial charge is 0.377 e. The first-order valence-corrected chi connectivity index (χ1v) is 6.95. The van der Waals surface area contributed by atoms with Gasteiger partial charge in [-0.05, 0) is 32.1 Å². The Morgan fingerprint density at radius 1 is 1.06 bits per heavy atom. The second-order valence-corrected chi connectivity index (χ2v) is 5.35. The van der Waals surface area contributed by atoms with E-state index in [4.69, 9.17) is 10.5 Å². The Balaban J connectivity index is 1.48. The van der Waals surface area contributed by atoms with E-state index in [1.165, 1.54) is 44.9 Å². The van der Waals surface area contributed by atoms with Crippen LogP contribution in [0, 0.1) is 0 Å². The fourth-order valence-corrected chi connectivity index (χ4v) is 2.92. The average Bonchev–Trinajstić information content (AvgIpc) is 2.72. The molecule has 2 rings (SSSR count). The molecule has 94 valence electrons. The molecule has 0 aromatic carbocycles. The van der Waals surface area contributed by atoms with Crippen molar-refractivity contribution in [2.45, 2.75) is 69.6 Å². The topological polar surface area (TPSA) is 47.3 Å². The highest BCUT2D eigenvalue weighted by atomic mass is 16.5. The lowest BCUT2D eigenvalue weighted by Gasteiger charge is -2.22. The quantitative estimate of drug-likeness (QED) is 0.703. The van der Waals surface area contributed by atoms with Crippen LogP contribution < -0.4 is 11.1 Å². The van der Waals surface area contributed by atoms with E-state index >= 15 is 0 Å². The third kappa shape index (κ3) is 4.04. The van der Waals surface area contributed by atoms with Crippen molar-refractivity contribution in [1.82, 2.24) is 5.32 Å². The Morgan fingerprint density at radius 3 is 2.56 bits per heavy atom. The number of nitrogens with two attached hydrogens (primary N) is 1. The summed E-state index contributed by atoms with van der Waals surface area (Å²) in [5, 5.41) is 3.55. The van der Waals surface area contributed by atoms with E-state index in [2.05, 4.69) is 5.32 Å². The standard InChI is InChI=1S/C13H26N2O/c14-11-6-7-12(10-11)15-8-9-16-13-4-2-1-3-5-13/h11-13,15H,1-10,14H2. The summed E-state index contributed by atoms with van der Waals surface area (Å²) in [6.07, 6.45) is 10.8. The van der Waals surface area contributed by atoms with Crippen molar-refractivity contribution in [3.63, 3.8) is 0 Å². The van der Waals surface area contributed by atoms with Gasteiger partial charge in [-0.1, -0.05) is 19.3 Å². The predicted molar refractivity (Wildman–Crippen MR) is 66.4 cm³/mol. The zero-order valence-electron chi connectivity index (χ0n) is 10.3. The van der Waals surface area contributed by atoms with Gasteiger partial charge in [0.15, 0.2) is 0 Å². The van der Waals surface area contributed by atoms with Crippen LogP contribution in [0.25, 0.3) is 0 Å². The molecule has 2 aliphatic rings. The molecule has 0 spiro atoms. The molecule has 2 fully saturated rings. The van der Waals surface area contributed by atoms with Crippen LogP contribution in [0.5, 0.6) is 0 Å². The molecule has 2 unspecified atom stereocenters. The van der Waals surface area contributed by atoms with Gasteiger partial charge in [-0.25, -0.2) is 0 Å². The third-order valence-corrected chi connectivity index (χ3v) is 3.91.